The van der Waals surface area contributed by atoms with E-state index >= 15 is 0 Å². The number of aromatic nitrogens is 1. The zero-order valence-corrected chi connectivity index (χ0v) is 10.5. The molecule has 0 bridgehead atoms. The van der Waals surface area contributed by atoms with Gasteiger partial charge in [0.25, 0.3) is 0 Å². The largest absolute Gasteiger partial charge is 0.465 e. The average Bonchev–Trinajstić information content (AvgIpc) is 2.67. The van der Waals surface area contributed by atoms with Crippen molar-refractivity contribution < 1.29 is 9.53 Å². The summed E-state index contributed by atoms with van der Waals surface area (Å²) in [6.07, 6.45) is 2.83. The number of carbonyl (C=O) groups is 1. The van der Waals surface area contributed by atoms with Crippen molar-refractivity contribution in [2.24, 2.45) is 5.92 Å². The first-order valence-corrected chi connectivity index (χ1v) is 5.93. The molecule has 0 amide bonds. The zero-order chi connectivity index (χ0) is 12.4. The maximum Gasteiger partial charge on any atom is 0.338 e. The summed E-state index contributed by atoms with van der Waals surface area (Å²) < 4.78 is 4.72. The van der Waals surface area contributed by atoms with E-state index in [4.69, 9.17) is 4.74 Å². The summed E-state index contributed by atoms with van der Waals surface area (Å²) in [4.78, 5) is 18.0. The van der Waals surface area contributed by atoms with Gasteiger partial charge in [-0.3, -0.25) is 0 Å². The monoisotopic (exact) mass is 234 g/mol. The first-order valence-electron chi connectivity index (χ1n) is 5.93. The minimum atomic E-state index is -0.312. The van der Waals surface area contributed by atoms with Gasteiger partial charge in [0, 0.05) is 18.8 Å². The van der Waals surface area contributed by atoms with Gasteiger partial charge in [-0.2, -0.15) is 0 Å². The van der Waals surface area contributed by atoms with Crippen LogP contribution in [0.15, 0.2) is 18.3 Å². The highest BCUT2D eigenvalue weighted by Crippen LogP contribution is 2.27. The molecule has 0 spiro atoms. The Morgan fingerprint density at radius 3 is 2.88 bits per heavy atom. The van der Waals surface area contributed by atoms with Gasteiger partial charge in [0.15, 0.2) is 0 Å². The topological polar surface area (TPSA) is 42.4 Å². The maximum absolute atomic E-state index is 11.5. The Morgan fingerprint density at radius 1 is 1.53 bits per heavy atom. The van der Waals surface area contributed by atoms with E-state index < -0.39 is 0 Å². The molecule has 4 nitrogen and oxygen atoms in total. The second-order valence-electron chi connectivity index (χ2n) is 4.74. The van der Waals surface area contributed by atoms with E-state index in [-0.39, 0.29) is 5.97 Å². The van der Waals surface area contributed by atoms with Gasteiger partial charge in [-0.05, 0) is 31.4 Å². The van der Waals surface area contributed by atoms with Crippen molar-refractivity contribution in [3.05, 3.63) is 23.9 Å². The number of hydrogen-bond acceptors (Lipinski definition) is 4. The second-order valence-corrected chi connectivity index (χ2v) is 4.74. The van der Waals surface area contributed by atoms with Gasteiger partial charge in [0.2, 0.25) is 0 Å². The number of methoxy groups -OCH3 is 1. The van der Waals surface area contributed by atoms with Crippen LogP contribution in [0.5, 0.6) is 0 Å². The quantitative estimate of drug-likeness (QED) is 0.735. The molecule has 17 heavy (non-hydrogen) atoms. The lowest BCUT2D eigenvalue weighted by Crippen LogP contribution is -2.27. The molecule has 1 aromatic heterocycles. The van der Waals surface area contributed by atoms with Gasteiger partial charge in [0.05, 0.1) is 12.7 Å². The molecule has 1 aliphatic rings. The van der Waals surface area contributed by atoms with E-state index in [1.54, 1.807) is 18.3 Å². The van der Waals surface area contributed by atoms with Gasteiger partial charge in [-0.1, -0.05) is 6.92 Å². The maximum atomic E-state index is 11.5. The van der Waals surface area contributed by atoms with Crippen LogP contribution in [0.1, 0.15) is 30.6 Å². The predicted octanol–water partition coefficient (Wildman–Crippen LogP) is 2.10. The molecule has 1 aliphatic heterocycles. The van der Waals surface area contributed by atoms with Crippen molar-refractivity contribution >= 4 is 11.8 Å². The third-order valence-electron chi connectivity index (χ3n) is 3.24. The Balaban J connectivity index is 2.24. The fraction of sp³-hybridized carbons (Fsp3) is 0.538. The fourth-order valence-electron chi connectivity index (χ4n) is 2.44. The Kier molecular flexibility index (Phi) is 3.31. The van der Waals surface area contributed by atoms with Crippen LogP contribution in [-0.4, -0.2) is 30.6 Å². The van der Waals surface area contributed by atoms with Crippen LogP contribution in [-0.2, 0) is 4.74 Å². The highest BCUT2D eigenvalue weighted by atomic mass is 16.5. The molecule has 0 aliphatic carbocycles. The lowest BCUT2D eigenvalue weighted by Gasteiger charge is -2.22. The number of nitrogens with zero attached hydrogens (tertiary/aromatic N) is 2. The zero-order valence-electron chi connectivity index (χ0n) is 10.5. The number of anilines is 1. The van der Waals surface area contributed by atoms with E-state index in [1.165, 1.54) is 13.5 Å². The molecule has 2 rings (SSSR count). The molecule has 0 aromatic carbocycles. The van der Waals surface area contributed by atoms with Crippen molar-refractivity contribution in [2.45, 2.75) is 26.3 Å². The molecule has 1 aromatic rings. The van der Waals surface area contributed by atoms with E-state index in [1.807, 2.05) is 0 Å². The number of pyridine rings is 1. The van der Waals surface area contributed by atoms with Gasteiger partial charge >= 0.3 is 5.97 Å². The van der Waals surface area contributed by atoms with Crippen molar-refractivity contribution in [3.8, 4) is 0 Å². The molecule has 4 heteroatoms. The molecule has 1 fully saturated rings. The molecule has 1 saturated heterocycles. The third kappa shape index (κ3) is 2.40. The molecular weight excluding hydrogens is 216 g/mol. The van der Waals surface area contributed by atoms with Crippen LogP contribution in [0.3, 0.4) is 0 Å². The summed E-state index contributed by atoms with van der Waals surface area (Å²) in [5.74, 6) is 1.23. The SMILES string of the molecule is COC(=O)c1ccnc(N2CC(C)CC2C)c1. The fourth-order valence-corrected chi connectivity index (χ4v) is 2.44. The molecule has 0 radical (unpaired) electrons. The predicted molar refractivity (Wildman–Crippen MR) is 66.2 cm³/mol. The molecule has 0 N–H and O–H groups in total. The van der Waals surface area contributed by atoms with E-state index in [0.717, 1.165) is 12.4 Å². The van der Waals surface area contributed by atoms with Crippen molar-refractivity contribution in [3.63, 3.8) is 0 Å². The summed E-state index contributed by atoms with van der Waals surface area (Å²) in [5.41, 5.74) is 0.559. The molecular formula is C13H18N2O2. The van der Waals surface area contributed by atoms with Gasteiger partial charge < -0.3 is 9.64 Å². The Labute approximate surface area is 102 Å². The van der Waals surface area contributed by atoms with Crippen LogP contribution in [0.4, 0.5) is 5.82 Å². The van der Waals surface area contributed by atoms with Crippen LogP contribution in [0.25, 0.3) is 0 Å². The summed E-state index contributed by atoms with van der Waals surface area (Å²) >= 11 is 0. The Bertz CT molecular complexity index is 420. The van der Waals surface area contributed by atoms with Crippen LogP contribution < -0.4 is 4.90 Å². The number of esters is 1. The van der Waals surface area contributed by atoms with E-state index in [2.05, 4.69) is 23.7 Å². The van der Waals surface area contributed by atoms with Crippen LogP contribution >= 0.6 is 0 Å². The highest BCUT2D eigenvalue weighted by Gasteiger charge is 2.27. The summed E-state index contributed by atoms with van der Waals surface area (Å²) in [5, 5.41) is 0. The molecule has 0 saturated carbocycles. The van der Waals surface area contributed by atoms with E-state index in [0.29, 0.717) is 17.5 Å². The number of ether oxygens (including phenoxy) is 1. The molecule has 2 unspecified atom stereocenters. The highest BCUT2D eigenvalue weighted by molar-refractivity contribution is 5.90. The summed E-state index contributed by atoms with van der Waals surface area (Å²) in [6, 6.07) is 3.96. The minimum Gasteiger partial charge on any atom is -0.465 e. The van der Waals surface area contributed by atoms with Crippen LogP contribution in [0, 0.1) is 5.92 Å². The normalized spacial score (nSPS) is 23.8. The lowest BCUT2D eigenvalue weighted by atomic mass is 10.1. The number of hydrogen-bond donors (Lipinski definition) is 0. The first kappa shape index (κ1) is 11.9. The van der Waals surface area contributed by atoms with Crippen molar-refractivity contribution in [1.82, 2.24) is 4.98 Å². The number of carbonyl (C=O) groups excluding carboxylic acids is 1. The van der Waals surface area contributed by atoms with Crippen molar-refractivity contribution in [1.29, 1.82) is 0 Å². The smallest absolute Gasteiger partial charge is 0.338 e. The Morgan fingerprint density at radius 2 is 2.29 bits per heavy atom. The summed E-state index contributed by atoms with van der Waals surface area (Å²) in [7, 11) is 1.39. The first-order chi connectivity index (χ1) is 8.11. The summed E-state index contributed by atoms with van der Waals surface area (Å²) in [6.45, 7) is 5.43. The second kappa shape index (κ2) is 4.73. The minimum absolute atomic E-state index is 0.312. The molecule has 2 heterocycles. The molecule has 92 valence electrons. The number of rotatable bonds is 2. The Hall–Kier alpha value is -1.58. The van der Waals surface area contributed by atoms with Gasteiger partial charge in [-0.15, -0.1) is 0 Å². The third-order valence-corrected chi connectivity index (χ3v) is 3.24. The lowest BCUT2D eigenvalue weighted by molar-refractivity contribution is 0.0600. The van der Waals surface area contributed by atoms with Gasteiger partial charge in [0.1, 0.15) is 5.82 Å². The average molecular weight is 234 g/mol. The van der Waals surface area contributed by atoms with Crippen molar-refractivity contribution in [2.75, 3.05) is 18.6 Å². The van der Waals surface area contributed by atoms with E-state index in [9.17, 15) is 4.79 Å². The molecule has 2 atom stereocenters. The standard InChI is InChI=1S/C13H18N2O2/c1-9-6-10(2)15(8-9)12-7-11(4-5-14-12)13(16)17-3/h4-5,7,9-10H,6,8H2,1-3H3. The van der Waals surface area contributed by atoms with Crippen LogP contribution in [0.2, 0.25) is 0 Å². The van der Waals surface area contributed by atoms with Gasteiger partial charge in [-0.25, -0.2) is 9.78 Å².